The highest BCUT2D eigenvalue weighted by molar-refractivity contribution is 4.77. The van der Waals surface area contributed by atoms with Gasteiger partial charge in [0.25, 0.3) is 0 Å². The lowest BCUT2D eigenvalue weighted by Gasteiger charge is -2.21. The molecule has 0 aromatic carbocycles. The van der Waals surface area contributed by atoms with Gasteiger partial charge in [-0.25, -0.2) is 0 Å². The highest BCUT2D eigenvalue weighted by Crippen LogP contribution is 2.19. The van der Waals surface area contributed by atoms with Gasteiger partial charge >= 0.3 is 0 Å². The first kappa shape index (κ1) is 10.0. The van der Waals surface area contributed by atoms with Crippen LogP contribution in [0.1, 0.15) is 32.6 Å². The van der Waals surface area contributed by atoms with Crippen LogP contribution in [0.15, 0.2) is 0 Å². The molecule has 0 saturated carbocycles. The molecule has 0 amide bonds. The monoisotopic (exact) mass is 171 g/mol. The van der Waals surface area contributed by atoms with Gasteiger partial charge in [-0.1, -0.05) is 19.8 Å². The number of ether oxygens (including phenoxy) is 1. The fraction of sp³-hybridized carbons (Fsp3) is 1.00. The lowest BCUT2D eigenvalue weighted by Crippen LogP contribution is -2.33. The van der Waals surface area contributed by atoms with Crippen molar-refractivity contribution < 1.29 is 4.74 Å². The average Bonchev–Trinajstić information content (AvgIpc) is 2.59. The Bertz CT molecular complexity index is 110. The summed E-state index contributed by atoms with van der Waals surface area (Å²) in [5, 5.41) is 3.40. The van der Waals surface area contributed by atoms with Gasteiger partial charge in [-0.3, -0.25) is 0 Å². The fourth-order valence-electron chi connectivity index (χ4n) is 1.91. The van der Waals surface area contributed by atoms with E-state index < -0.39 is 0 Å². The Hall–Kier alpha value is -0.0800. The molecular weight excluding hydrogens is 150 g/mol. The van der Waals surface area contributed by atoms with Crippen LogP contribution in [0.3, 0.4) is 0 Å². The molecular formula is C10H21NO. The molecule has 0 aromatic heterocycles. The van der Waals surface area contributed by atoms with Crippen LogP contribution in [0.5, 0.6) is 0 Å². The van der Waals surface area contributed by atoms with Gasteiger partial charge in [-0.15, -0.1) is 0 Å². The Morgan fingerprint density at radius 2 is 2.42 bits per heavy atom. The molecule has 2 atom stereocenters. The van der Waals surface area contributed by atoms with Crippen molar-refractivity contribution in [3.63, 3.8) is 0 Å². The third-order valence-corrected chi connectivity index (χ3v) is 2.77. The molecule has 0 aromatic rings. The van der Waals surface area contributed by atoms with Crippen molar-refractivity contribution >= 4 is 0 Å². The predicted octanol–water partition coefficient (Wildman–Crippen LogP) is 1.80. The summed E-state index contributed by atoms with van der Waals surface area (Å²) in [4.78, 5) is 0. The largest absolute Gasteiger partial charge is 0.381 e. The van der Waals surface area contributed by atoms with Gasteiger partial charge in [-0.2, -0.15) is 0 Å². The van der Waals surface area contributed by atoms with Crippen molar-refractivity contribution in [2.45, 2.75) is 38.6 Å². The van der Waals surface area contributed by atoms with E-state index in [9.17, 15) is 0 Å². The normalized spacial score (nSPS) is 26.0. The zero-order valence-corrected chi connectivity index (χ0v) is 8.31. The molecule has 1 rings (SSSR count). The van der Waals surface area contributed by atoms with Gasteiger partial charge < -0.3 is 10.1 Å². The molecule has 1 saturated heterocycles. The van der Waals surface area contributed by atoms with Crippen molar-refractivity contribution in [3.8, 4) is 0 Å². The molecule has 1 fully saturated rings. The van der Waals surface area contributed by atoms with Crippen LogP contribution in [0, 0.1) is 5.92 Å². The molecule has 0 bridgehead atoms. The predicted molar refractivity (Wildman–Crippen MR) is 51.3 cm³/mol. The minimum absolute atomic E-state index is 0.687. The van der Waals surface area contributed by atoms with Crippen LogP contribution >= 0.6 is 0 Å². The third kappa shape index (κ3) is 2.76. The average molecular weight is 171 g/mol. The van der Waals surface area contributed by atoms with Gasteiger partial charge in [0, 0.05) is 12.6 Å². The summed E-state index contributed by atoms with van der Waals surface area (Å²) in [7, 11) is 2.07. The highest BCUT2D eigenvalue weighted by Gasteiger charge is 2.23. The molecule has 72 valence electrons. The Morgan fingerprint density at radius 3 is 2.92 bits per heavy atom. The quantitative estimate of drug-likeness (QED) is 0.681. The number of rotatable bonds is 5. The third-order valence-electron chi connectivity index (χ3n) is 2.77. The van der Waals surface area contributed by atoms with Gasteiger partial charge in [-0.05, 0) is 25.8 Å². The summed E-state index contributed by atoms with van der Waals surface area (Å²) in [5.74, 6) is 0.765. The molecule has 0 radical (unpaired) electrons. The first-order chi connectivity index (χ1) is 5.88. The van der Waals surface area contributed by atoms with E-state index in [0.717, 1.165) is 19.1 Å². The SMILES string of the molecule is CCCCC(NC)C1CCOC1. The van der Waals surface area contributed by atoms with Gasteiger partial charge in [0.1, 0.15) is 0 Å². The molecule has 1 aliphatic rings. The van der Waals surface area contributed by atoms with E-state index in [0.29, 0.717) is 6.04 Å². The Balaban J connectivity index is 2.22. The topological polar surface area (TPSA) is 21.3 Å². The van der Waals surface area contributed by atoms with Crippen molar-refractivity contribution in [2.24, 2.45) is 5.92 Å². The number of unbranched alkanes of at least 4 members (excludes halogenated alkanes) is 1. The smallest absolute Gasteiger partial charge is 0.0509 e. The van der Waals surface area contributed by atoms with Crippen molar-refractivity contribution in [1.29, 1.82) is 0 Å². The van der Waals surface area contributed by atoms with Gasteiger partial charge in [0.15, 0.2) is 0 Å². The first-order valence-electron chi connectivity index (χ1n) is 5.13. The number of nitrogens with one attached hydrogen (secondary N) is 1. The minimum Gasteiger partial charge on any atom is -0.381 e. The second-order valence-corrected chi connectivity index (χ2v) is 3.66. The zero-order valence-electron chi connectivity index (χ0n) is 8.31. The second kappa shape index (κ2) is 5.55. The second-order valence-electron chi connectivity index (χ2n) is 3.66. The van der Waals surface area contributed by atoms with Crippen LogP contribution in [-0.2, 0) is 4.74 Å². The molecule has 2 unspecified atom stereocenters. The summed E-state index contributed by atoms with van der Waals surface area (Å²) in [6.07, 6.45) is 5.18. The van der Waals surface area contributed by atoms with Crippen LogP contribution in [0.2, 0.25) is 0 Å². The molecule has 0 aliphatic carbocycles. The van der Waals surface area contributed by atoms with E-state index in [2.05, 4.69) is 19.3 Å². The molecule has 0 spiro atoms. The van der Waals surface area contributed by atoms with Gasteiger partial charge in [0.2, 0.25) is 0 Å². The molecule has 12 heavy (non-hydrogen) atoms. The summed E-state index contributed by atoms with van der Waals surface area (Å²) in [6, 6.07) is 0.687. The van der Waals surface area contributed by atoms with E-state index >= 15 is 0 Å². The Morgan fingerprint density at radius 1 is 1.58 bits per heavy atom. The number of hydrogen-bond donors (Lipinski definition) is 1. The Labute approximate surface area is 75.7 Å². The zero-order chi connectivity index (χ0) is 8.81. The summed E-state index contributed by atoms with van der Waals surface area (Å²) in [6.45, 7) is 4.18. The maximum Gasteiger partial charge on any atom is 0.0509 e. The Kier molecular flexibility index (Phi) is 4.62. The maximum absolute atomic E-state index is 5.38. The molecule has 2 heteroatoms. The standard InChI is InChI=1S/C10H21NO/c1-3-4-5-10(11-2)9-6-7-12-8-9/h9-11H,3-8H2,1-2H3. The maximum atomic E-state index is 5.38. The fourth-order valence-corrected chi connectivity index (χ4v) is 1.91. The minimum atomic E-state index is 0.687. The summed E-state index contributed by atoms with van der Waals surface area (Å²) in [5.41, 5.74) is 0. The van der Waals surface area contributed by atoms with E-state index in [1.807, 2.05) is 0 Å². The molecule has 1 aliphatic heterocycles. The van der Waals surface area contributed by atoms with Crippen molar-refractivity contribution in [3.05, 3.63) is 0 Å². The van der Waals surface area contributed by atoms with Crippen LogP contribution in [-0.4, -0.2) is 26.3 Å². The van der Waals surface area contributed by atoms with Crippen molar-refractivity contribution in [1.82, 2.24) is 5.32 Å². The lowest BCUT2D eigenvalue weighted by molar-refractivity contribution is 0.176. The van der Waals surface area contributed by atoms with Crippen molar-refractivity contribution in [2.75, 3.05) is 20.3 Å². The summed E-state index contributed by atoms with van der Waals surface area (Å²) >= 11 is 0. The summed E-state index contributed by atoms with van der Waals surface area (Å²) < 4.78 is 5.38. The first-order valence-corrected chi connectivity index (χ1v) is 5.13. The van der Waals surface area contributed by atoms with E-state index in [-0.39, 0.29) is 0 Å². The van der Waals surface area contributed by atoms with Crippen LogP contribution in [0.25, 0.3) is 0 Å². The van der Waals surface area contributed by atoms with Gasteiger partial charge in [0.05, 0.1) is 6.61 Å². The van der Waals surface area contributed by atoms with Crippen LogP contribution < -0.4 is 5.32 Å². The van der Waals surface area contributed by atoms with E-state index in [1.54, 1.807) is 0 Å². The highest BCUT2D eigenvalue weighted by atomic mass is 16.5. The lowest BCUT2D eigenvalue weighted by atomic mass is 9.95. The number of hydrogen-bond acceptors (Lipinski definition) is 2. The van der Waals surface area contributed by atoms with E-state index in [4.69, 9.17) is 4.74 Å². The van der Waals surface area contributed by atoms with E-state index in [1.165, 1.54) is 25.7 Å². The molecule has 2 nitrogen and oxygen atoms in total. The molecule has 1 N–H and O–H groups in total. The van der Waals surface area contributed by atoms with Crippen LogP contribution in [0.4, 0.5) is 0 Å². The molecule has 1 heterocycles.